The zero-order chi connectivity index (χ0) is 14.4. The molecule has 20 heavy (non-hydrogen) atoms. The van der Waals surface area contributed by atoms with Crippen molar-refractivity contribution < 1.29 is 9.50 Å². The van der Waals surface area contributed by atoms with Crippen molar-refractivity contribution in [2.24, 2.45) is 0 Å². The fourth-order valence-corrected chi connectivity index (χ4v) is 3.56. The monoisotopic (exact) mass is 294 g/mol. The average molecular weight is 294 g/mol. The van der Waals surface area contributed by atoms with E-state index >= 15 is 0 Å². The molecule has 1 atom stereocenters. The van der Waals surface area contributed by atoms with Gasteiger partial charge in [0.25, 0.3) is 0 Å². The largest absolute Gasteiger partial charge is 0.388 e. The van der Waals surface area contributed by atoms with E-state index in [9.17, 15) is 9.50 Å². The Hall–Kier alpha value is -0.930. The second-order valence-electron chi connectivity index (χ2n) is 5.40. The molecule has 0 amide bonds. The van der Waals surface area contributed by atoms with Crippen LogP contribution in [0.25, 0.3) is 10.1 Å². The summed E-state index contributed by atoms with van der Waals surface area (Å²) in [4.78, 5) is 0.958. The van der Waals surface area contributed by atoms with Gasteiger partial charge < -0.3 is 5.11 Å². The molecule has 3 heteroatoms. The van der Waals surface area contributed by atoms with Crippen LogP contribution in [-0.2, 0) is 0 Å². The van der Waals surface area contributed by atoms with Crippen LogP contribution in [0.15, 0.2) is 24.3 Å². The van der Waals surface area contributed by atoms with Gasteiger partial charge in [-0.1, -0.05) is 51.5 Å². The van der Waals surface area contributed by atoms with Crippen LogP contribution in [0.3, 0.4) is 0 Å². The van der Waals surface area contributed by atoms with Gasteiger partial charge in [0.05, 0.1) is 6.10 Å². The van der Waals surface area contributed by atoms with E-state index in [1.807, 2.05) is 6.07 Å². The first-order chi connectivity index (χ1) is 9.70. The molecule has 1 heterocycles. The molecule has 0 aliphatic rings. The van der Waals surface area contributed by atoms with E-state index in [0.29, 0.717) is 0 Å². The number of thiophene rings is 1. The Morgan fingerprint density at radius 3 is 2.65 bits per heavy atom. The number of rotatable bonds is 8. The third-order valence-corrected chi connectivity index (χ3v) is 4.86. The minimum atomic E-state index is -0.401. The number of unbranched alkanes of at least 4 members (excludes halogenated alkanes) is 5. The zero-order valence-corrected chi connectivity index (χ0v) is 12.9. The Labute approximate surface area is 124 Å². The minimum absolute atomic E-state index is 0.212. The normalized spacial score (nSPS) is 12.9. The van der Waals surface area contributed by atoms with Gasteiger partial charge in [-0.05, 0) is 30.0 Å². The summed E-state index contributed by atoms with van der Waals surface area (Å²) >= 11 is 1.50. The molecule has 2 aromatic rings. The lowest BCUT2D eigenvalue weighted by Gasteiger charge is -2.07. The second-order valence-corrected chi connectivity index (χ2v) is 6.52. The maximum absolute atomic E-state index is 13.1. The summed E-state index contributed by atoms with van der Waals surface area (Å²) in [6.45, 7) is 2.22. The highest BCUT2D eigenvalue weighted by Crippen LogP contribution is 2.32. The molecule has 0 bridgehead atoms. The predicted octanol–water partition coefficient (Wildman–Crippen LogP) is 5.82. The maximum Gasteiger partial charge on any atom is 0.124 e. The SMILES string of the molecule is CCCCCCCCC(O)c1cc2ccc(F)cc2s1. The third-order valence-electron chi connectivity index (χ3n) is 3.66. The second kappa shape index (κ2) is 7.75. The molecule has 0 aliphatic heterocycles. The highest BCUT2D eigenvalue weighted by atomic mass is 32.1. The van der Waals surface area contributed by atoms with E-state index in [1.165, 1.54) is 49.5 Å². The van der Waals surface area contributed by atoms with Crippen LogP contribution >= 0.6 is 11.3 Å². The third kappa shape index (κ3) is 4.29. The number of aliphatic hydroxyl groups is 1. The Bertz CT molecular complexity index is 535. The molecule has 0 spiro atoms. The molecule has 0 aliphatic carbocycles. The smallest absolute Gasteiger partial charge is 0.124 e. The quantitative estimate of drug-likeness (QED) is 0.608. The molecule has 1 aromatic heterocycles. The lowest BCUT2D eigenvalue weighted by Crippen LogP contribution is -1.94. The van der Waals surface area contributed by atoms with Gasteiger partial charge in [-0.25, -0.2) is 4.39 Å². The first-order valence-electron chi connectivity index (χ1n) is 7.57. The van der Waals surface area contributed by atoms with Crippen LogP contribution in [0.4, 0.5) is 4.39 Å². The molecular weight excluding hydrogens is 271 g/mol. The lowest BCUT2D eigenvalue weighted by atomic mass is 10.1. The minimum Gasteiger partial charge on any atom is -0.388 e. The molecule has 110 valence electrons. The molecule has 0 saturated carbocycles. The molecule has 1 aromatic carbocycles. The first-order valence-corrected chi connectivity index (χ1v) is 8.39. The van der Waals surface area contributed by atoms with E-state index < -0.39 is 6.10 Å². The fraction of sp³-hybridized carbons (Fsp3) is 0.529. The summed E-state index contributed by atoms with van der Waals surface area (Å²) in [7, 11) is 0. The number of benzene rings is 1. The highest BCUT2D eigenvalue weighted by Gasteiger charge is 2.11. The van der Waals surface area contributed by atoms with Gasteiger partial charge in [0, 0.05) is 9.58 Å². The molecule has 0 saturated heterocycles. The van der Waals surface area contributed by atoms with Crippen molar-refractivity contribution in [1.29, 1.82) is 0 Å². The number of fused-ring (bicyclic) bond motifs is 1. The lowest BCUT2D eigenvalue weighted by molar-refractivity contribution is 0.167. The molecule has 1 unspecified atom stereocenters. The van der Waals surface area contributed by atoms with Crippen LogP contribution in [0, 0.1) is 5.82 Å². The summed E-state index contributed by atoms with van der Waals surface area (Å²) in [5.74, 6) is -0.212. The van der Waals surface area contributed by atoms with Crippen LogP contribution < -0.4 is 0 Å². The van der Waals surface area contributed by atoms with E-state index in [1.54, 1.807) is 12.1 Å². The average Bonchev–Trinajstić information content (AvgIpc) is 2.85. The number of halogens is 1. The van der Waals surface area contributed by atoms with E-state index in [-0.39, 0.29) is 5.82 Å². The fourth-order valence-electron chi connectivity index (χ4n) is 2.45. The van der Waals surface area contributed by atoms with Gasteiger partial charge in [-0.15, -0.1) is 11.3 Å². The van der Waals surface area contributed by atoms with Crippen LogP contribution in [0.1, 0.15) is 62.9 Å². The molecular formula is C17H23FOS. The summed E-state index contributed by atoms with van der Waals surface area (Å²) in [5.41, 5.74) is 0. The Morgan fingerprint density at radius 1 is 1.10 bits per heavy atom. The molecule has 1 nitrogen and oxygen atoms in total. The summed E-state index contributed by atoms with van der Waals surface area (Å²) < 4.78 is 14.1. The van der Waals surface area contributed by atoms with Gasteiger partial charge in [0.15, 0.2) is 0 Å². The summed E-state index contributed by atoms with van der Waals surface area (Å²) in [5, 5.41) is 11.2. The van der Waals surface area contributed by atoms with Crippen molar-refractivity contribution in [1.82, 2.24) is 0 Å². The van der Waals surface area contributed by atoms with Crippen molar-refractivity contribution in [3.63, 3.8) is 0 Å². The maximum atomic E-state index is 13.1. The van der Waals surface area contributed by atoms with E-state index in [0.717, 1.165) is 27.8 Å². The van der Waals surface area contributed by atoms with Crippen molar-refractivity contribution in [2.45, 2.75) is 58.0 Å². The van der Waals surface area contributed by atoms with Gasteiger partial charge in [-0.3, -0.25) is 0 Å². The molecule has 2 rings (SSSR count). The first kappa shape index (κ1) is 15.5. The van der Waals surface area contributed by atoms with Crippen LogP contribution in [-0.4, -0.2) is 5.11 Å². The Balaban J connectivity index is 1.83. The summed E-state index contributed by atoms with van der Waals surface area (Å²) in [6, 6.07) is 6.78. The van der Waals surface area contributed by atoms with Gasteiger partial charge in [0.2, 0.25) is 0 Å². The molecule has 0 fully saturated rings. The number of hydrogen-bond donors (Lipinski definition) is 1. The van der Waals surface area contributed by atoms with Gasteiger partial charge >= 0.3 is 0 Å². The molecule has 1 N–H and O–H groups in total. The van der Waals surface area contributed by atoms with E-state index in [2.05, 4.69) is 6.92 Å². The van der Waals surface area contributed by atoms with E-state index in [4.69, 9.17) is 0 Å². The summed E-state index contributed by atoms with van der Waals surface area (Å²) in [6.07, 6.45) is 7.80. The number of aliphatic hydroxyl groups excluding tert-OH is 1. The molecule has 0 radical (unpaired) electrons. The van der Waals surface area contributed by atoms with Crippen molar-refractivity contribution >= 4 is 21.4 Å². The van der Waals surface area contributed by atoms with Crippen molar-refractivity contribution in [3.05, 3.63) is 35.0 Å². The predicted molar refractivity (Wildman–Crippen MR) is 84.7 cm³/mol. The van der Waals surface area contributed by atoms with Crippen molar-refractivity contribution in [3.8, 4) is 0 Å². The topological polar surface area (TPSA) is 20.2 Å². The Morgan fingerprint density at radius 2 is 1.85 bits per heavy atom. The van der Waals surface area contributed by atoms with Gasteiger partial charge in [-0.2, -0.15) is 0 Å². The zero-order valence-electron chi connectivity index (χ0n) is 12.1. The number of hydrogen-bond acceptors (Lipinski definition) is 2. The van der Waals surface area contributed by atoms with Crippen LogP contribution in [0.5, 0.6) is 0 Å². The van der Waals surface area contributed by atoms with Crippen molar-refractivity contribution in [2.75, 3.05) is 0 Å². The highest BCUT2D eigenvalue weighted by molar-refractivity contribution is 7.19. The van der Waals surface area contributed by atoms with Gasteiger partial charge in [0.1, 0.15) is 5.82 Å². The Kier molecular flexibility index (Phi) is 5.99. The standard InChI is InChI=1S/C17H23FOS/c1-2-3-4-5-6-7-8-15(19)17-11-13-9-10-14(18)12-16(13)20-17/h9-12,15,19H,2-8H2,1H3. The van der Waals surface area contributed by atoms with Crippen LogP contribution in [0.2, 0.25) is 0 Å².